The van der Waals surface area contributed by atoms with Crippen molar-refractivity contribution >= 4 is 11.9 Å². The van der Waals surface area contributed by atoms with Crippen LogP contribution < -0.4 is 14.8 Å². The smallest absolute Gasteiger partial charge is 0.407 e. The highest BCUT2D eigenvalue weighted by Gasteiger charge is 2.37. The number of ketones is 1. The van der Waals surface area contributed by atoms with Crippen LogP contribution in [0, 0.1) is 0 Å². The number of Topliss-reactive ketones (excluding diaryl/α,β-unsaturated/α-hetero) is 1. The molecule has 1 aromatic heterocycles. The number of rotatable bonds is 8. The predicted octanol–water partition coefficient (Wildman–Crippen LogP) is 6.00. The second-order valence-corrected chi connectivity index (χ2v) is 11.7. The third-order valence-corrected chi connectivity index (χ3v) is 7.50. The maximum absolute atomic E-state index is 12.0. The number of alkyl carbamates (subject to hydrolysis) is 1. The molecule has 216 valence electrons. The third-order valence-electron chi connectivity index (χ3n) is 7.50. The van der Waals surface area contributed by atoms with Gasteiger partial charge in [-0.1, -0.05) is 24.3 Å². The number of carbonyl (C=O) groups is 2. The zero-order valence-corrected chi connectivity index (χ0v) is 24.0. The van der Waals surface area contributed by atoms with Gasteiger partial charge in [0.25, 0.3) is 0 Å². The zero-order chi connectivity index (χ0) is 29.0. The normalized spacial score (nSPS) is 19.9. The van der Waals surface area contributed by atoms with Crippen LogP contribution in [0.15, 0.2) is 60.7 Å². The minimum atomic E-state index is -0.511. The van der Waals surface area contributed by atoms with Gasteiger partial charge in [-0.2, -0.15) is 0 Å². The fraction of sp³-hybridized carbons (Fsp3) is 0.438. The summed E-state index contributed by atoms with van der Waals surface area (Å²) < 4.78 is 23.1. The van der Waals surface area contributed by atoms with Gasteiger partial charge < -0.3 is 24.3 Å². The van der Waals surface area contributed by atoms with Crippen molar-refractivity contribution in [1.82, 2.24) is 15.5 Å². The fourth-order valence-electron chi connectivity index (χ4n) is 5.29. The van der Waals surface area contributed by atoms with Crippen molar-refractivity contribution < 1.29 is 28.5 Å². The summed E-state index contributed by atoms with van der Waals surface area (Å²) in [7, 11) is 0. The molecule has 0 spiro atoms. The molecule has 2 aromatic carbocycles. The summed E-state index contributed by atoms with van der Waals surface area (Å²) >= 11 is 0. The number of nitrogens with zero attached hydrogens (tertiary/aromatic N) is 2. The molecule has 1 saturated heterocycles. The molecular weight excluding hydrogens is 522 g/mol. The van der Waals surface area contributed by atoms with Crippen molar-refractivity contribution in [2.45, 2.75) is 76.5 Å². The van der Waals surface area contributed by atoms with Gasteiger partial charge in [-0.3, -0.25) is 4.79 Å². The second kappa shape index (κ2) is 11.9. The third kappa shape index (κ3) is 7.03. The summed E-state index contributed by atoms with van der Waals surface area (Å²) in [6, 6.07) is 19.7. The van der Waals surface area contributed by atoms with Gasteiger partial charge in [0, 0.05) is 50.5 Å². The molecular formula is C32H37N3O6. The molecule has 2 aliphatic rings. The average molecular weight is 560 g/mol. The maximum Gasteiger partial charge on any atom is 0.407 e. The molecule has 2 heterocycles. The Morgan fingerprint density at radius 1 is 0.878 bits per heavy atom. The lowest BCUT2D eigenvalue weighted by Crippen LogP contribution is -2.50. The van der Waals surface area contributed by atoms with Gasteiger partial charge in [0.15, 0.2) is 5.78 Å². The largest absolute Gasteiger partial charge is 0.490 e. The summed E-state index contributed by atoms with van der Waals surface area (Å²) in [4.78, 5) is 23.4. The highest BCUT2D eigenvalue weighted by molar-refractivity contribution is 5.91. The highest BCUT2D eigenvalue weighted by atomic mass is 16.6. The lowest BCUT2D eigenvalue weighted by atomic mass is 9.69. The zero-order valence-electron chi connectivity index (χ0n) is 24.0. The molecule has 1 amide bonds. The van der Waals surface area contributed by atoms with Gasteiger partial charge in [-0.05, 0) is 75.1 Å². The van der Waals surface area contributed by atoms with Crippen LogP contribution in [0.5, 0.6) is 17.4 Å². The standard InChI is InChI=1S/C32H37N3O6/c1-21(36)28-13-14-29(35-34-28)40-26-11-7-23(8-12-26)32(15-17-38-18-16-32)22-5-9-25(10-6-22)39-27-19-24(20-27)33-30(37)41-31(2,3)4/h5-14,24,27H,15-20H2,1-4H3,(H,33,37). The SMILES string of the molecule is CC(=O)c1ccc(Oc2ccc(C3(c4ccc(OC5CC(NC(=O)OC(C)(C)C)C5)cc4)CCOCC3)cc2)nn1. The van der Waals surface area contributed by atoms with Gasteiger partial charge >= 0.3 is 6.09 Å². The average Bonchev–Trinajstić information content (AvgIpc) is 2.92. The van der Waals surface area contributed by atoms with E-state index in [1.807, 2.05) is 45.0 Å². The Kier molecular flexibility index (Phi) is 8.26. The van der Waals surface area contributed by atoms with Crippen molar-refractivity contribution in [3.8, 4) is 17.4 Å². The molecule has 9 heteroatoms. The molecule has 0 unspecified atom stereocenters. The Bertz CT molecular complexity index is 1340. The first kappa shape index (κ1) is 28.5. The number of amides is 1. The van der Waals surface area contributed by atoms with E-state index in [9.17, 15) is 9.59 Å². The topological polar surface area (TPSA) is 109 Å². The van der Waals surface area contributed by atoms with Crippen molar-refractivity contribution in [3.05, 3.63) is 77.5 Å². The number of carbonyl (C=O) groups excluding carboxylic acids is 2. The number of benzene rings is 2. The lowest BCUT2D eigenvalue weighted by molar-refractivity contribution is 0.0362. The first-order valence-corrected chi connectivity index (χ1v) is 14.1. The molecule has 0 radical (unpaired) electrons. The maximum atomic E-state index is 12.0. The Hall–Kier alpha value is -3.98. The Morgan fingerprint density at radius 3 is 2.02 bits per heavy atom. The Balaban J connectivity index is 1.22. The lowest BCUT2D eigenvalue weighted by Gasteiger charge is -2.39. The van der Waals surface area contributed by atoms with Gasteiger partial charge in [-0.25, -0.2) is 4.79 Å². The molecule has 1 aliphatic carbocycles. The predicted molar refractivity (Wildman–Crippen MR) is 153 cm³/mol. The molecule has 2 fully saturated rings. The summed E-state index contributed by atoms with van der Waals surface area (Å²) in [5, 5.41) is 10.8. The van der Waals surface area contributed by atoms with E-state index in [1.165, 1.54) is 18.1 Å². The minimum absolute atomic E-state index is 0.0636. The van der Waals surface area contributed by atoms with Crippen LogP contribution >= 0.6 is 0 Å². The van der Waals surface area contributed by atoms with Crippen LogP contribution in [0.2, 0.25) is 0 Å². The molecule has 0 atom stereocenters. The number of nitrogens with one attached hydrogen (secondary N) is 1. The molecule has 0 bridgehead atoms. The number of aromatic nitrogens is 2. The molecule has 1 aliphatic heterocycles. The number of hydrogen-bond acceptors (Lipinski definition) is 8. The summed E-state index contributed by atoms with van der Waals surface area (Å²) in [5.41, 5.74) is 2.01. The molecule has 3 aromatic rings. The molecule has 1 N–H and O–H groups in total. The first-order valence-electron chi connectivity index (χ1n) is 14.1. The van der Waals surface area contributed by atoms with Crippen molar-refractivity contribution in [2.75, 3.05) is 13.2 Å². The fourth-order valence-corrected chi connectivity index (χ4v) is 5.29. The van der Waals surface area contributed by atoms with Crippen LogP contribution in [-0.2, 0) is 14.9 Å². The van der Waals surface area contributed by atoms with Crippen LogP contribution in [0.25, 0.3) is 0 Å². The minimum Gasteiger partial charge on any atom is -0.490 e. The first-order chi connectivity index (χ1) is 19.6. The molecule has 1 saturated carbocycles. The van der Waals surface area contributed by atoms with Crippen molar-refractivity contribution in [1.29, 1.82) is 0 Å². The summed E-state index contributed by atoms with van der Waals surface area (Å²) in [6.45, 7) is 8.38. The Morgan fingerprint density at radius 2 is 1.49 bits per heavy atom. The number of hydrogen-bond donors (Lipinski definition) is 1. The van der Waals surface area contributed by atoms with Gasteiger partial charge in [0.1, 0.15) is 28.9 Å². The van der Waals surface area contributed by atoms with E-state index in [0.717, 1.165) is 31.4 Å². The summed E-state index contributed by atoms with van der Waals surface area (Å²) in [6.07, 6.45) is 2.92. The van der Waals surface area contributed by atoms with Crippen molar-refractivity contribution in [2.24, 2.45) is 0 Å². The Labute approximate surface area is 240 Å². The van der Waals surface area contributed by atoms with E-state index >= 15 is 0 Å². The van der Waals surface area contributed by atoms with E-state index < -0.39 is 5.60 Å². The van der Waals surface area contributed by atoms with Gasteiger partial charge in [0.05, 0.1) is 0 Å². The van der Waals surface area contributed by atoms with Crippen LogP contribution in [-0.4, -0.2) is 53.0 Å². The van der Waals surface area contributed by atoms with E-state index in [1.54, 1.807) is 12.1 Å². The van der Waals surface area contributed by atoms with Crippen LogP contribution in [0.4, 0.5) is 4.79 Å². The van der Waals surface area contributed by atoms with E-state index in [0.29, 0.717) is 30.5 Å². The monoisotopic (exact) mass is 559 g/mol. The van der Waals surface area contributed by atoms with Gasteiger partial charge in [0.2, 0.25) is 5.88 Å². The van der Waals surface area contributed by atoms with E-state index in [4.69, 9.17) is 18.9 Å². The number of ether oxygens (including phenoxy) is 4. The quantitative estimate of drug-likeness (QED) is 0.335. The van der Waals surface area contributed by atoms with E-state index in [2.05, 4.69) is 39.8 Å². The molecule has 41 heavy (non-hydrogen) atoms. The van der Waals surface area contributed by atoms with Crippen LogP contribution in [0.1, 0.15) is 75.0 Å². The molecule has 9 nitrogen and oxygen atoms in total. The van der Waals surface area contributed by atoms with Crippen LogP contribution in [0.3, 0.4) is 0 Å². The highest BCUT2D eigenvalue weighted by Crippen LogP contribution is 2.42. The van der Waals surface area contributed by atoms with Gasteiger partial charge in [-0.15, -0.1) is 10.2 Å². The molecule has 5 rings (SSSR count). The summed E-state index contributed by atoms with van der Waals surface area (Å²) in [5.74, 6) is 1.65. The second-order valence-electron chi connectivity index (χ2n) is 11.7. The van der Waals surface area contributed by atoms with Crippen molar-refractivity contribution in [3.63, 3.8) is 0 Å². The van der Waals surface area contributed by atoms with E-state index in [-0.39, 0.29) is 29.4 Å².